The van der Waals surface area contributed by atoms with E-state index in [4.69, 9.17) is 4.98 Å². The number of carbonyl (C=O) groups is 1. The standard InChI is InChI=1S/C21H21N7O3/c1-12(29)27-7-5-14(6-8-27)28-19-15(20(30)25-21(28)31)10-22-17-4-3-16(24-18(17)19)13-9-23-26(2)11-13/h3-4,9-11,14H,5-8H2,1-2H3,(H,25,30,31). The lowest BCUT2D eigenvalue weighted by Gasteiger charge is -2.32. The molecular weight excluding hydrogens is 398 g/mol. The van der Waals surface area contributed by atoms with E-state index in [1.54, 1.807) is 27.3 Å². The quantitative estimate of drug-likeness (QED) is 0.488. The fourth-order valence-corrected chi connectivity index (χ4v) is 4.29. The van der Waals surface area contributed by atoms with Crippen LogP contribution in [0.3, 0.4) is 0 Å². The van der Waals surface area contributed by atoms with Crippen molar-refractivity contribution in [2.45, 2.75) is 25.8 Å². The molecule has 10 nitrogen and oxygen atoms in total. The van der Waals surface area contributed by atoms with Crippen molar-refractivity contribution in [2.24, 2.45) is 7.05 Å². The number of aryl methyl sites for hydroxylation is 1. The maximum absolute atomic E-state index is 12.9. The fourth-order valence-electron chi connectivity index (χ4n) is 4.29. The monoisotopic (exact) mass is 419 g/mol. The number of piperidine rings is 1. The average Bonchev–Trinajstić information content (AvgIpc) is 3.20. The van der Waals surface area contributed by atoms with Crippen molar-refractivity contribution in [3.05, 3.63) is 51.6 Å². The van der Waals surface area contributed by atoms with Gasteiger partial charge in [0.2, 0.25) is 5.91 Å². The Morgan fingerprint density at radius 3 is 2.61 bits per heavy atom. The molecule has 0 bridgehead atoms. The van der Waals surface area contributed by atoms with E-state index in [1.807, 2.05) is 25.4 Å². The summed E-state index contributed by atoms with van der Waals surface area (Å²) < 4.78 is 3.31. The van der Waals surface area contributed by atoms with Crippen LogP contribution < -0.4 is 11.2 Å². The number of likely N-dealkylation sites (tertiary alicyclic amines) is 1. The third-order valence-electron chi connectivity index (χ3n) is 5.89. The Morgan fingerprint density at radius 1 is 1.16 bits per heavy atom. The molecular formula is C21H21N7O3. The van der Waals surface area contributed by atoms with Gasteiger partial charge in [-0.05, 0) is 25.0 Å². The van der Waals surface area contributed by atoms with E-state index in [0.29, 0.717) is 53.6 Å². The minimum Gasteiger partial charge on any atom is -0.343 e. The summed E-state index contributed by atoms with van der Waals surface area (Å²) in [7, 11) is 1.83. The van der Waals surface area contributed by atoms with E-state index >= 15 is 0 Å². The number of nitrogens with one attached hydrogen (secondary N) is 1. The third-order valence-corrected chi connectivity index (χ3v) is 5.89. The second-order valence-electron chi connectivity index (χ2n) is 7.85. The molecule has 1 fully saturated rings. The summed E-state index contributed by atoms with van der Waals surface area (Å²) in [6.45, 7) is 2.67. The zero-order valence-corrected chi connectivity index (χ0v) is 17.2. The average molecular weight is 419 g/mol. The molecule has 0 spiro atoms. The predicted octanol–water partition coefficient (Wildman–Crippen LogP) is 1.22. The minimum absolute atomic E-state index is 0.0227. The molecule has 0 unspecified atom stereocenters. The highest BCUT2D eigenvalue weighted by Gasteiger charge is 2.26. The van der Waals surface area contributed by atoms with Crippen LogP contribution in [0.1, 0.15) is 25.8 Å². The van der Waals surface area contributed by atoms with Crippen molar-refractivity contribution >= 4 is 27.8 Å². The summed E-state index contributed by atoms with van der Waals surface area (Å²) in [5, 5.41) is 4.51. The van der Waals surface area contributed by atoms with Crippen LogP contribution in [0.5, 0.6) is 0 Å². The molecule has 5 heterocycles. The number of H-pyrrole nitrogens is 1. The van der Waals surface area contributed by atoms with Crippen molar-refractivity contribution in [1.29, 1.82) is 0 Å². The Labute approximate surface area is 176 Å². The molecule has 0 aliphatic carbocycles. The first-order chi connectivity index (χ1) is 14.9. The summed E-state index contributed by atoms with van der Waals surface area (Å²) in [5.41, 5.74) is 2.12. The van der Waals surface area contributed by atoms with Crippen LogP contribution in [0, 0.1) is 0 Å². The van der Waals surface area contributed by atoms with Gasteiger partial charge >= 0.3 is 5.69 Å². The van der Waals surface area contributed by atoms with Crippen molar-refractivity contribution in [2.75, 3.05) is 13.1 Å². The smallest absolute Gasteiger partial charge is 0.329 e. The van der Waals surface area contributed by atoms with Gasteiger partial charge in [0, 0.05) is 51.1 Å². The van der Waals surface area contributed by atoms with Crippen molar-refractivity contribution in [1.82, 2.24) is 34.2 Å². The summed E-state index contributed by atoms with van der Waals surface area (Å²) >= 11 is 0. The van der Waals surface area contributed by atoms with Gasteiger partial charge in [-0.1, -0.05) is 0 Å². The molecule has 4 aromatic rings. The highest BCUT2D eigenvalue weighted by atomic mass is 16.2. The first-order valence-corrected chi connectivity index (χ1v) is 10.1. The van der Waals surface area contributed by atoms with Gasteiger partial charge < -0.3 is 4.90 Å². The first-order valence-electron chi connectivity index (χ1n) is 10.1. The number of fused-ring (bicyclic) bond motifs is 3. The molecule has 1 N–H and O–H groups in total. The molecule has 158 valence electrons. The topological polar surface area (TPSA) is 119 Å². The normalized spacial score (nSPS) is 15.1. The number of pyridine rings is 2. The van der Waals surface area contributed by atoms with Gasteiger partial charge in [0.1, 0.15) is 5.52 Å². The number of hydrogen-bond acceptors (Lipinski definition) is 6. The van der Waals surface area contributed by atoms with Crippen molar-refractivity contribution < 1.29 is 4.79 Å². The Morgan fingerprint density at radius 2 is 1.94 bits per heavy atom. The SMILES string of the molecule is CC(=O)N1CCC(n2c(=O)[nH]c(=O)c3cnc4ccc(-c5cnn(C)c5)nc4c32)CC1. The molecule has 1 saturated heterocycles. The summed E-state index contributed by atoms with van der Waals surface area (Å²) in [5.74, 6) is 0.0227. The highest BCUT2D eigenvalue weighted by molar-refractivity contribution is 6.01. The fraction of sp³-hybridized carbons (Fsp3) is 0.333. The van der Waals surface area contributed by atoms with E-state index in [-0.39, 0.29) is 11.9 Å². The lowest BCUT2D eigenvalue weighted by Crippen LogP contribution is -2.41. The molecule has 4 aromatic heterocycles. The summed E-state index contributed by atoms with van der Waals surface area (Å²) in [4.78, 5) is 50.6. The Kier molecular flexibility index (Phi) is 4.42. The molecule has 1 aliphatic rings. The molecule has 0 atom stereocenters. The van der Waals surface area contributed by atoms with Gasteiger partial charge in [-0.15, -0.1) is 0 Å². The molecule has 10 heteroatoms. The molecule has 0 radical (unpaired) electrons. The van der Waals surface area contributed by atoms with E-state index in [9.17, 15) is 14.4 Å². The first kappa shape index (κ1) is 19.2. The Bertz CT molecular complexity index is 1440. The van der Waals surface area contributed by atoms with Gasteiger partial charge in [-0.3, -0.25) is 28.8 Å². The second kappa shape index (κ2) is 7.15. The van der Waals surface area contributed by atoms with Crippen LogP contribution in [0.2, 0.25) is 0 Å². The number of hydrogen-bond donors (Lipinski definition) is 1. The van der Waals surface area contributed by atoms with E-state index < -0.39 is 11.2 Å². The number of carbonyl (C=O) groups excluding carboxylic acids is 1. The zero-order valence-electron chi connectivity index (χ0n) is 17.2. The number of rotatable bonds is 2. The zero-order chi connectivity index (χ0) is 21.7. The second-order valence-corrected chi connectivity index (χ2v) is 7.85. The van der Waals surface area contributed by atoms with Crippen LogP contribution >= 0.6 is 0 Å². The van der Waals surface area contributed by atoms with Crippen LogP contribution in [0.4, 0.5) is 0 Å². The van der Waals surface area contributed by atoms with Gasteiger partial charge in [-0.25, -0.2) is 9.78 Å². The van der Waals surface area contributed by atoms with Crippen LogP contribution in [0.15, 0.2) is 40.3 Å². The van der Waals surface area contributed by atoms with Gasteiger partial charge in [0.05, 0.1) is 28.3 Å². The maximum atomic E-state index is 12.9. The maximum Gasteiger partial charge on any atom is 0.329 e. The minimum atomic E-state index is -0.486. The van der Waals surface area contributed by atoms with E-state index in [0.717, 1.165) is 5.56 Å². The molecule has 0 aromatic carbocycles. The van der Waals surface area contributed by atoms with Gasteiger partial charge in [0.25, 0.3) is 5.56 Å². The van der Waals surface area contributed by atoms with Crippen LogP contribution in [0.25, 0.3) is 33.2 Å². The van der Waals surface area contributed by atoms with E-state index in [1.165, 1.54) is 6.20 Å². The Hall–Kier alpha value is -3.82. The number of aromatic nitrogens is 6. The van der Waals surface area contributed by atoms with Crippen molar-refractivity contribution in [3.8, 4) is 11.3 Å². The predicted molar refractivity (Wildman–Crippen MR) is 115 cm³/mol. The molecule has 31 heavy (non-hydrogen) atoms. The Balaban J connectivity index is 1.75. The largest absolute Gasteiger partial charge is 0.343 e. The number of amides is 1. The van der Waals surface area contributed by atoms with Gasteiger partial charge in [-0.2, -0.15) is 5.10 Å². The van der Waals surface area contributed by atoms with Crippen LogP contribution in [-0.4, -0.2) is 53.2 Å². The van der Waals surface area contributed by atoms with Gasteiger partial charge in [0.15, 0.2) is 0 Å². The third kappa shape index (κ3) is 3.20. The number of nitrogens with zero attached hydrogens (tertiary/aromatic N) is 6. The van der Waals surface area contributed by atoms with Crippen molar-refractivity contribution in [3.63, 3.8) is 0 Å². The lowest BCUT2D eigenvalue weighted by atomic mass is 10.0. The highest BCUT2D eigenvalue weighted by Crippen LogP contribution is 2.28. The molecule has 1 amide bonds. The van der Waals surface area contributed by atoms with Crippen LogP contribution in [-0.2, 0) is 11.8 Å². The van der Waals surface area contributed by atoms with E-state index in [2.05, 4.69) is 15.1 Å². The lowest BCUT2D eigenvalue weighted by molar-refractivity contribution is -0.130. The summed E-state index contributed by atoms with van der Waals surface area (Å²) in [6, 6.07) is 3.52. The molecule has 0 saturated carbocycles. The molecule has 1 aliphatic heterocycles. The molecule has 5 rings (SSSR count). The summed E-state index contributed by atoms with van der Waals surface area (Å²) in [6.07, 6.45) is 6.29. The number of aromatic amines is 1.